The summed E-state index contributed by atoms with van der Waals surface area (Å²) in [6, 6.07) is 0. The first-order valence-electron chi connectivity index (χ1n) is 7.11. The van der Waals surface area contributed by atoms with Crippen molar-refractivity contribution >= 4 is 11.9 Å². The van der Waals surface area contributed by atoms with Crippen LogP contribution < -0.4 is 0 Å². The molecule has 1 fully saturated rings. The van der Waals surface area contributed by atoms with Crippen LogP contribution in [0.15, 0.2) is 18.7 Å². The Kier molecular flexibility index (Phi) is 5.15. The minimum atomic E-state index is -0.181. The maximum atomic E-state index is 12.2. The largest absolute Gasteiger partial charge is 0.466 e. The van der Waals surface area contributed by atoms with Crippen LogP contribution in [0.25, 0.3) is 0 Å². The van der Waals surface area contributed by atoms with Gasteiger partial charge in [-0.15, -0.1) is 0 Å². The maximum absolute atomic E-state index is 12.2. The highest BCUT2D eigenvalue weighted by Crippen LogP contribution is 2.18. The Labute approximate surface area is 118 Å². The maximum Gasteiger partial charge on any atom is 0.310 e. The van der Waals surface area contributed by atoms with Gasteiger partial charge in [-0.25, -0.2) is 4.98 Å². The zero-order valence-electron chi connectivity index (χ0n) is 11.8. The summed E-state index contributed by atoms with van der Waals surface area (Å²) >= 11 is 0. The molecule has 0 radical (unpaired) electrons. The summed E-state index contributed by atoms with van der Waals surface area (Å²) in [6.07, 6.45) is 7.34. The van der Waals surface area contributed by atoms with Crippen LogP contribution in [-0.4, -0.2) is 46.0 Å². The predicted molar refractivity (Wildman–Crippen MR) is 72.8 cm³/mol. The van der Waals surface area contributed by atoms with Gasteiger partial charge in [0.2, 0.25) is 5.91 Å². The van der Waals surface area contributed by atoms with Crippen molar-refractivity contribution in [3.8, 4) is 0 Å². The SMILES string of the molecule is CCOC(=O)[C@H]1CCCN(C(=O)CCn2ccnc2)C1. The number of carbonyl (C=O) groups is 2. The number of amides is 1. The molecule has 110 valence electrons. The van der Waals surface area contributed by atoms with Crippen molar-refractivity contribution in [2.24, 2.45) is 5.92 Å². The van der Waals surface area contributed by atoms with E-state index in [1.807, 2.05) is 10.8 Å². The number of carbonyl (C=O) groups excluding carboxylic acids is 2. The van der Waals surface area contributed by atoms with E-state index in [-0.39, 0.29) is 17.8 Å². The summed E-state index contributed by atoms with van der Waals surface area (Å²) in [5.74, 6) is -0.256. The molecule has 1 atom stereocenters. The smallest absolute Gasteiger partial charge is 0.310 e. The lowest BCUT2D eigenvalue weighted by molar-refractivity contribution is -0.151. The fraction of sp³-hybridized carbons (Fsp3) is 0.643. The molecule has 0 unspecified atom stereocenters. The summed E-state index contributed by atoms with van der Waals surface area (Å²) in [5.41, 5.74) is 0. The molecule has 0 spiro atoms. The second-order valence-corrected chi connectivity index (χ2v) is 4.98. The molecule has 1 saturated heterocycles. The molecule has 6 heteroatoms. The van der Waals surface area contributed by atoms with Crippen LogP contribution in [0.1, 0.15) is 26.2 Å². The van der Waals surface area contributed by atoms with Crippen LogP contribution in [0.4, 0.5) is 0 Å². The van der Waals surface area contributed by atoms with Gasteiger partial charge in [-0.1, -0.05) is 0 Å². The fourth-order valence-electron chi connectivity index (χ4n) is 2.46. The van der Waals surface area contributed by atoms with Crippen molar-refractivity contribution in [3.63, 3.8) is 0 Å². The Morgan fingerprint density at radius 3 is 3.00 bits per heavy atom. The topological polar surface area (TPSA) is 64.4 Å². The number of aromatic nitrogens is 2. The molecule has 0 aliphatic carbocycles. The first-order chi connectivity index (χ1) is 9.70. The molecule has 0 saturated carbocycles. The lowest BCUT2D eigenvalue weighted by Gasteiger charge is -2.31. The van der Waals surface area contributed by atoms with E-state index >= 15 is 0 Å². The monoisotopic (exact) mass is 279 g/mol. The number of ether oxygens (including phenoxy) is 1. The second-order valence-electron chi connectivity index (χ2n) is 4.98. The van der Waals surface area contributed by atoms with Crippen molar-refractivity contribution in [2.45, 2.75) is 32.7 Å². The number of likely N-dealkylation sites (tertiary alicyclic amines) is 1. The summed E-state index contributed by atoms with van der Waals surface area (Å²) in [7, 11) is 0. The molecule has 1 amide bonds. The van der Waals surface area contributed by atoms with Gasteiger partial charge in [0.25, 0.3) is 0 Å². The van der Waals surface area contributed by atoms with Crippen LogP contribution in [0, 0.1) is 5.92 Å². The number of esters is 1. The molecule has 1 aromatic heterocycles. The zero-order chi connectivity index (χ0) is 14.4. The number of hydrogen-bond donors (Lipinski definition) is 0. The van der Waals surface area contributed by atoms with Crippen LogP contribution in [-0.2, 0) is 20.9 Å². The highest BCUT2D eigenvalue weighted by molar-refractivity contribution is 5.78. The van der Waals surface area contributed by atoms with E-state index in [1.165, 1.54) is 0 Å². The van der Waals surface area contributed by atoms with E-state index in [4.69, 9.17) is 4.74 Å². The molecule has 0 aromatic carbocycles. The molecule has 1 aliphatic rings. The van der Waals surface area contributed by atoms with Crippen molar-refractivity contribution < 1.29 is 14.3 Å². The van der Waals surface area contributed by atoms with E-state index in [2.05, 4.69) is 4.98 Å². The summed E-state index contributed by atoms with van der Waals surface area (Å²) < 4.78 is 6.92. The van der Waals surface area contributed by atoms with Gasteiger partial charge in [0, 0.05) is 38.4 Å². The molecular weight excluding hydrogens is 258 g/mol. The third-order valence-electron chi connectivity index (χ3n) is 3.54. The Morgan fingerprint density at radius 1 is 1.45 bits per heavy atom. The number of piperidine rings is 1. The first kappa shape index (κ1) is 14.6. The standard InChI is InChI=1S/C14H21N3O3/c1-2-20-14(19)12-4-3-7-17(10-12)13(18)5-8-16-9-6-15-11-16/h6,9,11-12H,2-5,7-8,10H2,1H3/t12-/m0/s1. The van der Waals surface area contributed by atoms with Gasteiger partial charge >= 0.3 is 5.97 Å². The Morgan fingerprint density at radius 2 is 2.30 bits per heavy atom. The van der Waals surface area contributed by atoms with Gasteiger partial charge in [0.1, 0.15) is 0 Å². The van der Waals surface area contributed by atoms with Crippen molar-refractivity contribution in [2.75, 3.05) is 19.7 Å². The Hall–Kier alpha value is -1.85. The summed E-state index contributed by atoms with van der Waals surface area (Å²) in [5, 5.41) is 0. The van der Waals surface area contributed by atoms with Crippen molar-refractivity contribution in [1.29, 1.82) is 0 Å². The van der Waals surface area contributed by atoms with Crippen LogP contribution in [0.3, 0.4) is 0 Å². The number of rotatable bonds is 5. The molecule has 1 aliphatic heterocycles. The van der Waals surface area contributed by atoms with E-state index in [1.54, 1.807) is 24.3 Å². The number of hydrogen-bond acceptors (Lipinski definition) is 4. The highest BCUT2D eigenvalue weighted by Gasteiger charge is 2.28. The van der Waals surface area contributed by atoms with Gasteiger partial charge in [0.15, 0.2) is 0 Å². The van der Waals surface area contributed by atoms with Crippen LogP contribution in [0.5, 0.6) is 0 Å². The van der Waals surface area contributed by atoms with Gasteiger partial charge in [-0.3, -0.25) is 9.59 Å². The van der Waals surface area contributed by atoms with E-state index in [0.717, 1.165) is 19.4 Å². The lowest BCUT2D eigenvalue weighted by atomic mass is 9.98. The number of imidazole rings is 1. The Balaban J connectivity index is 1.81. The van der Waals surface area contributed by atoms with Gasteiger partial charge in [-0.05, 0) is 19.8 Å². The van der Waals surface area contributed by atoms with Crippen LogP contribution in [0.2, 0.25) is 0 Å². The average molecular weight is 279 g/mol. The van der Waals surface area contributed by atoms with E-state index in [0.29, 0.717) is 26.1 Å². The molecule has 0 N–H and O–H groups in total. The van der Waals surface area contributed by atoms with Gasteiger partial charge in [0.05, 0.1) is 18.9 Å². The molecule has 2 heterocycles. The summed E-state index contributed by atoms with van der Waals surface area (Å²) in [6.45, 7) is 4.04. The third kappa shape index (κ3) is 3.82. The minimum Gasteiger partial charge on any atom is -0.466 e. The van der Waals surface area contributed by atoms with Crippen LogP contribution >= 0.6 is 0 Å². The normalized spacial score (nSPS) is 18.9. The Bertz CT molecular complexity index is 445. The second kappa shape index (κ2) is 7.07. The number of nitrogens with zero attached hydrogens (tertiary/aromatic N) is 3. The van der Waals surface area contributed by atoms with Crippen molar-refractivity contribution in [1.82, 2.24) is 14.5 Å². The number of aryl methyl sites for hydroxylation is 1. The molecule has 0 bridgehead atoms. The average Bonchev–Trinajstić information content (AvgIpc) is 2.98. The first-order valence-corrected chi connectivity index (χ1v) is 7.11. The predicted octanol–water partition coefficient (Wildman–Crippen LogP) is 1.07. The summed E-state index contributed by atoms with van der Waals surface area (Å²) in [4.78, 5) is 29.6. The molecule has 2 rings (SSSR count). The molecule has 20 heavy (non-hydrogen) atoms. The van der Waals surface area contributed by atoms with Gasteiger partial charge < -0.3 is 14.2 Å². The van der Waals surface area contributed by atoms with Crippen molar-refractivity contribution in [3.05, 3.63) is 18.7 Å². The minimum absolute atomic E-state index is 0.0905. The van der Waals surface area contributed by atoms with E-state index < -0.39 is 0 Å². The molecular formula is C14H21N3O3. The third-order valence-corrected chi connectivity index (χ3v) is 3.54. The van der Waals surface area contributed by atoms with E-state index in [9.17, 15) is 9.59 Å². The quantitative estimate of drug-likeness (QED) is 0.756. The highest BCUT2D eigenvalue weighted by atomic mass is 16.5. The molecule has 6 nitrogen and oxygen atoms in total. The fourth-order valence-corrected chi connectivity index (χ4v) is 2.46. The van der Waals surface area contributed by atoms with Gasteiger partial charge in [-0.2, -0.15) is 0 Å². The zero-order valence-corrected chi connectivity index (χ0v) is 11.8. The molecule has 1 aromatic rings. The lowest BCUT2D eigenvalue weighted by Crippen LogP contribution is -2.43.